The van der Waals surface area contributed by atoms with Crippen molar-refractivity contribution in [1.29, 1.82) is 0 Å². The van der Waals surface area contributed by atoms with Gasteiger partial charge in [0.15, 0.2) is 0 Å². The molecule has 0 heterocycles. The Kier molecular flexibility index (Phi) is 14.0. The van der Waals surface area contributed by atoms with E-state index in [0.717, 1.165) is 48.3 Å². The molecule has 2 aromatic carbocycles. The minimum absolute atomic E-state index is 0.338. The molecular weight excluding hydrogens is 436 g/mol. The molecule has 0 spiro atoms. The molecule has 0 aliphatic heterocycles. The first-order chi connectivity index (χ1) is 16.3. The molecule has 0 aliphatic carbocycles. The topological polar surface area (TPSA) is 145 Å². The number of hydrogen-bond donors (Lipinski definition) is 4. The lowest BCUT2D eigenvalue weighted by Gasteiger charge is -2.08. The molecule has 0 saturated heterocycles. The van der Waals surface area contributed by atoms with Crippen molar-refractivity contribution in [2.45, 2.75) is 64.5 Å². The maximum absolute atomic E-state index is 10.6. The molecule has 34 heavy (non-hydrogen) atoms. The second-order valence-electron chi connectivity index (χ2n) is 7.99. The molecule has 0 bridgehead atoms. The van der Waals surface area contributed by atoms with E-state index < -0.39 is 24.0 Å². The zero-order valence-corrected chi connectivity index (χ0v) is 20.1. The first kappa shape index (κ1) is 28.9. The third-order valence-electron chi connectivity index (χ3n) is 4.93. The zero-order valence-electron chi connectivity index (χ0n) is 20.1. The van der Waals surface area contributed by atoms with Crippen molar-refractivity contribution in [3.63, 3.8) is 0 Å². The third kappa shape index (κ3) is 12.2. The molecule has 0 unspecified atom stereocenters. The summed E-state index contributed by atoms with van der Waals surface area (Å²) in [7, 11) is 0. The highest BCUT2D eigenvalue weighted by Crippen LogP contribution is 2.14. The Morgan fingerprint density at radius 1 is 0.706 bits per heavy atom. The maximum Gasteiger partial charge on any atom is 0.320 e. The van der Waals surface area contributed by atoms with E-state index in [-0.39, 0.29) is 0 Å². The van der Waals surface area contributed by atoms with Crippen LogP contribution in [0, 0.1) is 0 Å². The molecule has 0 fully saturated rings. The second-order valence-corrected chi connectivity index (χ2v) is 7.99. The Morgan fingerprint density at radius 3 is 1.29 bits per heavy atom. The van der Waals surface area contributed by atoms with E-state index in [1.165, 1.54) is 0 Å². The summed E-state index contributed by atoms with van der Waals surface area (Å²) in [6.45, 7) is 5.65. The average Bonchev–Trinajstić information content (AvgIpc) is 2.82. The SMILES string of the molecule is CCCCOc1ccc(C[C@H](N)C(=O)O)cc1.CCCCOc1ccc(C[C@H](N)C(=O)O)cc1. The lowest BCUT2D eigenvalue weighted by molar-refractivity contribution is -0.139. The van der Waals surface area contributed by atoms with Crippen molar-refractivity contribution in [1.82, 2.24) is 0 Å². The van der Waals surface area contributed by atoms with Gasteiger partial charge < -0.3 is 31.2 Å². The van der Waals surface area contributed by atoms with Gasteiger partial charge in [0.05, 0.1) is 13.2 Å². The van der Waals surface area contributed by atoms with Gasteiger partial charge >= 0.3 is 11.9 Å². The van der Waals surface area contributed by atoms with Crippen molar-refractivity contribution >= 4 is 11.9 Å². The van der Waals surface area contributed by atoms with Crippen molar-refractivity contribution in [2.75, 3.05) is 13.2 Å². The van der Waals surface area contributed by atoms with Crippen molar-refractivity contribution < 1.29 is 29.3 Å². The van der Waals surface area contributed by atoms with Crippen LogP contribution in [0.2, 0.25) is 0 Å². The highest BCUT2D eigenvalue weighted by atomic mass is 16.5. The summed E-state index contributed by atoms with van der Waals surface area (Å²) in [5, 5.41) is 17.4. The molecule has 0 saturated carbocycles. The fourth-order valence-electron chi connectivity index (χ4n) is 2.79. The second kappa shape index (κ2) is 16.5. The van der Waals surface area contributed by atoms with Gasteiger partial charge in [0.25, 0.3) is 0 Å². The first-order valence-corrected chi connectivity index (χ1v) is 11.7. The van der Waals surface area contributed by atoms with E-state index >= 15 is 0 Å². The average molecular weight is 475 g/mol. The summed E-state index contributed by atoms with van der Waals surface area (Å²) in [6, 6.07) is 13.1. The van der Waals surface area contributed by atoms with Crippen LogP contribution in [-0.2, 0) is 22.4 Å². The van der Waals surface area contributed by atoms with Gasteiger partial charge in [-0.25, -0.2) is 0 Å². The molecule has 0 aliphatic rings. The fourth-order valence-corrected chi connectivity index (χ4v) is 2.79. The molecule has 2 atom stereocenters. The fraction of sp³-hybridized carbons (Fsp3) is 0.462. The molecule has 2 aromatic rings. The molecule has 2 rings (SSSR count). The summed E-state index contributed by atoms with van der Waals surface area (Å²) in [5.41, 5.74) is 12.7. The largest absolute Gasteiger partial charge is 0.494 e. The van der Waals surface area contributed by atoms with E-state index in [1.54, 1.807) is 0 Å². The molecule has 8 nitrogen and oxygen atoms in total. The van der Waals surface area contributed by atoms with Gasteiger partial charge in [-0.3, -0.25) is 9.59 Å². The molecule has 188 valence electrons. The van der Waals surface area contributed by atoms with E-state index in [1.807, 2.05) is 48.5 Å². The highest BCUT2D eigenvalue weighted by Gasteiger charge is 2.12. The first-order valence-electron chi connectivity index (χ1n) is 11.7. The number of carboxylic acids is 2. The Hall–Kier alpha value is -3.10. The molecule has 0 aromatic heterocycles. The number of rotatable bonds is 14. The smallest absolute Gasteiger partial charge is 0.320 e. The number of unbranched alkanes of at least 4 members (excludes halogenated alkanes) is 2. The number of aliphatic carboxylic acids is 2. The monoisotopic (exact) mass is 474 g/mol. The molecule has 6 N–H and O–H groups in total. The number of carbonyl (C=O) groups is 2. The van der Waals surface area contributed by atoms with Gasteiger partial charge in [0.1, 0.15) is 23.6 Å². The van der Waals surface area contributed by atoms with Crippen LogP contribution in [0.3, 0.4) is 0 Å². The Bertz CT molecular complexity index is 768. The standard InChI is InChI=1S/2C13H19NO3/c2*1-2-3-8-17-11-6-4-10(5-7-11)9-12(14)13(15)16/h2*4-7,12H,2-3,8-9,14H2,1H3,(H,15,16)/t2*12-/m00/s1. The van der Waals surface area contributed by atoms with Crippen LogP contribution in [0.25, 0.3) is 0 Å². The molecule has 0 amide bonds. The van der Waals surface area contributed by atoms with Crippen LogP contribution in [0.1, 0.15) is 50.7 Å². The number of carboxylic acid groups (broad SMARTS) is 2. The lowest BCUT2D eigenvalue weighted by atomic mass is 10.1. The van der Waals surface area contributed by atoms with Crippen molar-refractivity contribution in [3.05, 3.63) is 59.7 Å². The summed E-state index contributed by atoms with van der Waals surface area (Å²) >= 11 is 0. The highest BCUT2D eigenvalue weighted by molar-refractivity contribution is 5.73. The summed E-state index contributed by atoms with van der Waals surface area (Å²) in [6.07, 6.45) is 4.95. The van der Waals surface area contributed by atoms with Gasteiger partial charge in [0, 0.05) is 0 Å². The molecule has 0 radical (unpaired) electrons. The van der Waals surface area contributed by atoms with Crippen LogP contribution < -0.4 is 20.9 Å². The van der Waals surface area contributed by atoms with E-state index in [0.29, 0.717) is 26.1 Å². The zero-order chi connectivity index (χ0) is 25.3. The minimum atomic E-state index is -0.978. The normalized spacial score (nSPS) is 12.1. The maximum atomic E-state index is 10.6. The van der Waals surface area contributed by atoms with E-state index in [2.05, 4.69) is 13.8 Å². The Balaban J connectivity index is 0.000000340. The van der Waals surface area contributed by atoms with Gasteiger partial charge in [-0.05, 0) is 61.1 Å². The van der Waals surface area contributed by atoms with Crippen LogP contribution >= 0.6 is 0 Å². The van der Waals surface area contributed by atoms with Gasteiger partial charge in [-0.1, -0.05) is 51.0 Å². The van der Waals surface area contributed by atoms with Crippen LogP contribution in [0.4, 0.5) is 0 Å². The minimum Gasteiger partial charge on any atom is -0.494 e. The Labute approximate surface area is 201 Å². The molecular formula is C26H38N2O6. The third-order valence-corrected chi connectivity index (χ3v) is 4.93. The molecule has 8 heteroatoms. The van der Waals surface area contributed by atoms with E-state index in [4.69, 9.17) is 31.2 Å². The lowest BCUT2D eigenvalue weighted by Crippen LogP contribution is -2.32. The number of hydrogen-bond acceptors (Lipinski definition) is 6. The van der Waals surface area contributed by atoms with Crippen LogP contribution in [0.15, 0.2) is 48.5 Å². The van der Waals surface area contributed by atoms with Crippen LogP contribution in [-0.4, -0.2) is 47.4 Å². The number of ether oxygens (including phenoxy) is 2. The predicted octanol–water partition coefficient (Wildman–Crippen LogP) is 3.64. The van der Waals surface area contributed by atoms with Crippen LogP contribution in [0.5, 0.6) is 11.5 Å². The quantitative estimate of drug-likeness (QED) is 0.304. The number of nitrogens with two attached hydrogens (primary N) is 2. The summed E-state index contributed by atoms with van der Waals surface area (Å²) in [4.78, 5) is 21.2. The Morgan fingerprint density at radius 2 is 1.03 bits per heavy atom. The van der Waals surface area contributed by atoms with Gasteiger partial charge in [-0.15, -0.1) is 0 Å². The van der Waals surface area contributed by atoms with Gasteiger partial charge in [0.2, 0.25) is 0 Å². The summed E-state index contributed by atoms with van der Waals surface area (Å²) < 4.78 is 11.0. The van der Waals surface area contributed by atoms with Gasteiger partial charge in [-0.2, -0.15) is 0 Å². The van der Waals surface area contributed by atoms with E-state index in [9.17, 15) is 9.59 Å². The van der Waals surface area contributed by atoms with Crippen molar-refractivity contribution in [3.8, 4) is 11.5 Å². The summed E-state index contributed by atoms with van der Waals surface area (Å²) in [5.74, 6) is -0.335. The number of benzene rings is 2. The predicted molar refractivity (Wildman–Crippen MR) is 132 cm³/mol. The van der Waals surface area contributed by atoms with Crippen molar-refractivity contribution in [2.24, 2.45) is 11.5 Å².